The van der Waals surface area contributed by atoms with Gasteiger partial charge in [-0.3, -0.25) is 0 Å². The summed E-state index contributed by atoms with van der Waals surface area (Å²) in [6.45, 7) is 8.58. The summed E-state index contributed by atoms with van der Waals surface area (Å²) in [5.41, 5.74) is -0.572. The second-order valence-electron chi connectivity index (χ2n) is 9.81. The first-order valence-electron chi connectivity index (χ1n) is 11.5. The van der Waals surface area contributed by atoms with Crippen LogP contribution in [0.3, 0.4) is 0 Å². The Bertz CT molecular complexity index is 1250. The predicted molar refractivity (Wildman–Crippen MR) is 128 cm³/mol. The maximum absolute atomic E-state index is 12.4. The summed E-state index contributed by atoms with van der Waals surface area (Å²) >= 11 is 0. The van der Waals surface area contributed by atoms with E-state index in [1.807, 2.05) is 0 Å². The Balaban J connectivity index is 1.51. The van der Waals surface area contributed by atoms with E-state index in [1.54, 1.807) is 52.9 Å². The smallest absolute Gasteiger partial charge is 0.476 e. The van der Waals surface area contributed by atoms with Crippen LogP contribution in [-0.2, 0) is 27.4 Å². The highest BCUT2D eigenvalue weighted by atomic mass is 19.4. The molecule has 0 N–H and O–H groups in total. The zero-order valence-corrected chi connectivity index (χ0v) is 21.5. The molecule has 0 bridgehead atoms. The number of alkyl halides is 3. The molecule has 0 amide bonds. The number of carbonyl (C=O) groups excluding carboxylic acids is 2. The number of ether oxygens (including phenoxy) is 4. The van der Waals surface area contributed by atoms with Crippen LogP contribution in [0.4, 0.5) is 13.2 Å². The SMILES string of the molecule is CC(C)(C)OC(=O)C(C)(C)Oc1ccc(C(=O)OCc2cn(Cc3ccc(OC(F)(F)F)cc3)nn2)cc1. The molecular formula is C26H28F3N3O6. The van der Waals surface area contributed by atoms with Crippen molar-refractivity contribution in [2.45, 2.75) is 65.3 Å². The molecule has 0 aliphatic rings. The Labute approximate surface area is 217 Å². The van der Waals surface area contributed by atoms with Crippen LogP contribution in [0.15, 0.2) is 54.7 Å². The van der Waals surface area contributed by atoms with Gasteiger partial charge >= 0.3 is 18.3 Å². The van der Waals surface area contributed by atoms with Gasteiger partial charge in [0.15, 0.2) is 5.60 Å². The summed E-state index contributed by atoms with van der Waals surface area (Å²) < 4.78 is 58.5. The Morgan fingerprint density at radius 1 is 0.868 bits per heavy atom. The highest BCUT2D eigenvalue weighted by Crippen LogP contribution is 2.24. The van der Waals surface area contributed by atoms with E-state index in [0.29, 0.717) is 17.0 Å². The van der Waals surface area contributed by atoms with Crippen LogP contribution in [0.25, 0.3) is 0 Å². The molecular weight excluding hydrogens is 507 g/mol. The maximum Gasteiger partial charge on any atom is 0.573 e. The molecule has 3 aromatic rings. The van der Waals surface area contributed by atoms with E-state index in [0.717, 1.165) is 0 Å². The Morgan fingerprint density at radius 3 is 2.03 bits per heavy atom. The molecule has 0 spiro atoms. The molecule has 2 aromatic carbocycles. The fourth-order valence-electron chi connectivity index (χ4n) is 3.08. The summed E-state index contributed by atoms with van der Waals surface area (Å²) in [6.07, 6.45) is -3.20. The zero-order chi connectivity index (χ0) is 28.1. The molecule has 38 heavy (non-hydrogen) atoms. The minimum atomic E-state index is -4.76. The first kappa shape index (κ1) is 28.5. The summed E-state index contributed by atoms with van der Waals surface area (Å²) in [5.74, 6) is -1.07. The normalized spacial score (nSPS) is 12.1. The lowest BCUT2D eigenvalue weighted by Gasteiger charge is -2.29. The lowest BCUT2D eigenvalue weighted by molar-refractivity contribution is -0.274. The van der Waals surface area contributed by atoms with E-state index >= 15 is 0 Å². The van der Waals surface area contributed by atoms with Gasteiger partial charge in [-0.1, -0.05) is 17.3 Å². The molecule has 0 aliphatic heterocycles. The van der Waals surface area contributed by atoms with Gasteiger partial charge in [-0.2, -0.15) is 0 Å². The Morgan fingerprint density at radius 2 is 1.45 bits per heavy atom. The third-order valence-electron chi connectivity index (χ3n) is 4.79. The molecule has 3 rings (SSSR count). The van der Waals surface area contributed by atoms with Crippen LogP contribution < -0.4 is 9.47 Å². The third kappa shape index (κ3) is 8.79. The van der Waals surface area contributed by atoms with E-state index in [1.165, 1.54) is 41.1 Å². The average molecular weight is 536 g/mol. The summed E-state index contributed by atoms with van der Waals surface area (Å²) in [4.78, 5) is 24.8. The fraction of sp³-hybridized carbons (Fsp3) is 0.385. The fourth-order valence-corrected chi connectivity index (χ4v) is 3.08. The molecule has 0 fully saturated rings. The third-order valence-corrected chi connectivity index (χ3v) is 4.79. The first-order chi connectivity index (χ1) is 17.6. The van der Waals surface area contributed by atoms with Gasteiger partial charge < -0.3 is 18.9 Å². The van der Waals surface area contributed by atoms with Crippen molar-refractivity contribution in [1.82, 2.24) is 15.0 Å². The van der Waals surface area contributed by atoms with E-state index in [9.17, 15) is 22.8 Å². The molecule has 1 aromatic heterocycles. The van der Waals surface area contributed by atoms with Gasteiger partial charge in [0.2, 0.25) is 0 Å². The van der Waals surface area contributed by atoms with Crippen LogP contribution in [-0.4, -0.2) is 44.5 Å². The van der Waals surface area contributed by atoms with Gasteiger partial charge in [-0.05, 0) is 76.6 Å². The molecule has 0 radical (unpaired) electrons. The zero-order valence-electron chi connectivity index (χ0n) is 21.5. The Kier molecular flexibility index (Phi) is 8.33. The number of esters is 2. The monoisotopic (exact) mass is 535 g/mol. The number of hydrogen-bond donors (Lipinski definition) is 0. The quantitative estimate of drug-likeness (QED) is 0.350. The van der Waals surface area contributed by atoms with Crippen molar-refractivity contribution >= 4 is 11.9 Å². The molecule has 0 unspecified atom stereocenters. The lowest BCUT2D eigenvalue weighted by Crippen LogP contribution is -2.43. The number of aromatic nitrogens is 3. The topological polar surface area (TPSA) is 102 Å². The van der Waals surface area contributed by atoms with Crippen LogP contribution in [0.2, 0.25) is 0 Å². The number of nitrogens with zero attached hydrogens (tertiary/aromatic N) is 3. The minimum Gasteiger partial charge on any atom is -0.476 e. The molecule has 9 nitrogen and oxygen atoms in total. The number of carbonyl (C=O) groups is 2. The van der Waals surface area contributed by atoms with Crippen LogP contribution in [0, 0.1) is 0 Å². The van der Waals surface area contributed by atoms with Crippen molar-refractivity contribution < 1.29 is 41.7 Å². The van der Waals surface area contributed by atoms with E-state index in [2.05, 4.69) is 15.0 Å². The van der Waals surface area contributed by atoms with Gasteiger partial charge in [-0.15, -0.1) is 18.3 Å². The Hall–Kier alpha value is -4.09. The van der Waals surface area contributed by atoms with Crippen molar-refractivity contribution in [3.8, 4) is 11.5 Å². The first-order valence-corrected chi connectivity index (χ1v) is 11.5. The van der Waals surface area contributed by atoms with Crippen molar-refractivity contribution in [2.24, 2.45) is 0 Å². The van der Waals surface area contributed by atoms with Gasteiger partial charge in [0.25, 0.3) is 0 Å². The standard InChI is InChI=1S/C26H28F3N3O6/c1-24(2,3)38-23(34)25(4,5)36-20-12-8-18(9-13-20)22(33)35-16-19-15-32(31-30-19)14-17-6-10-21(11-7-17)37-26(27,28)29/h6-13,15H,14,16H2,1-5H3. The second kappa shape index (κ2) is 11.1. The van der Waals surface area contributed by atoms with Gasteiger partial charge in [0, 0.05) is 0 Å². The molecule has 0 atom stereocenters. The van der Waals surface area contributed by atoms with Gasteiger partial charge in [-0.25, -0.2) is 14.3 Å². The molecule has 1 heterocycles. The summed E-state index contributed by atoms with van der Waals surface area (Å²) in [5, 5.41) is 7.87. The van der Waals surface area contributed by atoms with E-state index < -0.39 is 29.5 Å². The van der Waals surface area contributed by atoms with Crippen LogP contribution >= 0.6 is 0 Å². The van der Waals surface area contributed by atoms with E-state index in [-0.39, 0.29) is 24.5 Å². The summed E-state index contributed by atoms with van der Waals surface area (Å²) in [6, 6.07) is 11.5. The summed E-state index contributed by atoms with van der Waals surface area (Å²) in [7, 11) is 0. The minimum absolute atomic E-state index is 0.138. The van der Waals surface area contributed by atoms with Crippen LogP contribution in [0.1, 0.15) is 56.2 Å². The molecule has 12 heteroatoms. The highest BCUT2D eigenvalue weighted by molar-refractivity contribution is 5.89. The van der Waals surface area contributed by atoms with Crippen molar-refractivity contribution in [3.63, 3.8) is 0 Å². The molecule has 0 aliphatic carbocycles. The molecule has 204 valence electrons. The van der Waals surface area contributed by atoms with Crippen molar-refractivity contribution in [3.05, 3.63) is 71.5 Å². The highest BCUT2D eigenvalue weighted by Gasteiger charge is 2.35. The van der Waals surface area contributed by atoms with Crippen molar-refractivity contribution in [2.75, 3.05) is 0 Å². The largest absolute Gasteiger partial charge is 0.573 e. The number of hydrogen-bond acceptors (Lipinski definition) is 8. The number of rotatable bonds is 9. The van der Waals surface area contributed by atoms with Crippen LogP contribution in [0.5, 0.6) is 11.5 Å². The van der Waals surface area contributed by atoms with Gasteiger partial charge in [0.05, 0.1) is 18.3 Å². The maximum atomic E-state index is 12.4. The molecule has 0 saturated carbocycles. The van der Waals surface area contributed by atoms with Crippen molar-refractivity contribution in [1.29, 1.82) is 0 Å². The lowest BCUT2D eigenvalue weighted by atomic mass is 10.1. The molecule has 0 saturated heterocycles. The second-order valence-corrected chi connectivity index (χ2v) is 9.81. The predicted octanol–water partition coefficient (Wildman–Crippen LogP) is 5.08. The average Bonchev–Trinajstić information content (AvgIpc) is 3.24. The van der Waals surface area contributed by atoms with E-state index in [4.69, 9.17) is 14.2 Å². The number of halogens is 3. The van der Waals surface area contributed by atoms with Gasteiger partial charge in [0.1, 0.15) is 29.4 Å². The number of benzene rings is 2.